The molecule has 1 atom stereocenters. The van der Waals surface area contributed by atoms with Gasteiger partial charge in [0.1, 0.15) is 5.75 Å². The Morgan fingerprint density at radius 1 is 1.23 bits per heavy atom. The monoisotopic (exact) mass is 299 g/mol. The average Bonchev–Trinajstić information content (AvgIpc) is 2.53. The van der Waals surface area contributed by atoms with Gasteiger partial charge in [0.25, 0.3) is 5.91 Å². The molecule has 2 N–H and O–H groups in total. The Bertz CT molecular complexity index is 638. The number of aliphatic hydroxyl groups excluding tert-OH is 1. The van der Waals surface area contributed by atoms with Gasteiger partial charge < -0.3 is 15.2 Å². The van der Waals surface area contributed by atoms with Crippen LogP contribution in [0.4, 0.5) is 5.69 Å². The lowest BCUT2D eigenvalue weighted by molar-refractivity contribution is 0.102. The van der Waals surface area contributed by atoms with Gasteiger partial charge in [-0.05, 0) is 49.2 Å². The van der Waals surface area contributed by atoms with E-state index in [1.807, 2.05) is 19.1 Å². The summed E-state index contributed by atoms with van der Waals surface area (Å²) in [6.07, 6.45) is 0.352. The zero-order chi connectivity index (χ0) is 15.9. The van der Waals surface area contributed by atoms with E-state index in [4.69, 9.17) is 4.74 Å². The van der Waals surface area contributed by atoms with Gasteiger partial charge in [-0.2, -0.15) is 0 Å². The van der Waals surface area contributed by atoms with Crippen LogP contribution in [0.5, 0.6) is 5.75 Å². The van der Waals surface area contributed by atoms with Crippen molar-refractivity contribution >= 4 is 11.6 Å². The Morgan fingerprint density at radius 2 is 2.00 bits per heavy atom. The summed E-state index contributed by atoms with van der Waals surface area (Å²) in [7, 11) is 0. The molecular weight excluding hydrogens is 278 g/mol. The normalized spacial score (nSPS) is 11.8. The molecule has 2 rings (SSSR count). The fourth-order valence-corrected chi connectivity index (χ4v) is 2.03. The van der Waals surface area contributed by atoms with E-state index in [-0.39, 0.29) is 5.91 Å². The zero-order valence-electron chi connectivity index (χ0n) is 12.9. The van der Waals surface area contributed by atoms with E-state index < -0.39 is 6.10 Å². The number of anilines is 1. The van der Waals surface area contributed by atoms with Gasteiger partial charge in [-0.15, -0.1) is 0 Å². The van der Waals surface area contributed by atoms with E-state index in [1.54, 1.807) is 43.3 Å². The fraction of sp³-hybridized carbons (Fsp3) is 0.278. The molecule has 0 heterocycles. The van der Waals surface area contributed by atoms with Gasteiger partial charge in [0, 0.05) is 11.3 Å². The van der Waals surface area contributed by atoms with Crippen LogP contribution in [0.15, 0.2) is 48.5 Å². The first-order chi connectivity index (χ1) is 10.6. The number of hydrogen-bond donors (Lipinski definition) is 2. The molecule has 0 fully saturated rings. The van der Waals surface area contributed by atoms with Gasteiger partial charge in [-0.3, -0.25) is 4.79 Å². The predicted molar refractivity (Wildman–Crippen MR) is 87.3 cm³/mol. The molecule has 2 aromatic carbocycles. The lowest BCUT2D eigenvalue weighted by Gasteiger charge is -2.10. The fourth-order valence-electron chi connectivity index (χ4n) is 2.03. The lowest BCUT2D eigenvalue weighted by atomic mass is 10.1. The number of benzene rings is 2. The molecule has 2 aromatic rings. The van der Waals surface area contributed by atoms with Crippen LogP contribution in [-0.2, 0) is 0 Å². The second-order valence-electron chi connectivity index (χ2n) is 5.13. The molecule has 4 heteroatoms. The third kappa shape index (κ3) is 4.33. The van der Waals surface area contributed by atoms with Crippen molar-refractivity contribution in [2.24, 2.45) is 0 Å². The van der Waals surface area contributed by atoms with E-state index >= 15 is 0 Å². The predicted octanol–water partition coefficient (Wildman–Crippen LogP) is 3.78. The van der Waals surface area contributed by atoms with Gasteiger partial charge in [-0.25, -0.2) is 0 Å². The van der Waals surface area contributed by atoms with Crippen LogP contribution in [0.2, 0.25) is 0 Å². The number of ether oxygens (including phenoxy) is 1. The summed E-state index contributed by atoms with van der Waals surface area (Å²) in [4.78, 5) is 12.3. The third-order valence-electron chi connectivity index (χ3n) is 3.20. The number of aliphatic hydroxyl groups is 1. The first-order valence-electron chi connectivity index (χ1n) is 7.42. The third-order valence-corrected chi connectivity index (χ3v) is 3.20. The lowest BCUT2D eigenvalue weighted by Crippen LogP contribution is -2.12. The quantitative estimate of drug-likeness (QED) is 0.853. The van der Waals surface area contributed by atoms with Gasteiger partial charge in [0.15, 0.2) is 0 Å². The highest BCUT2D eigenvalue weighted by Gasteiger charge is 2.08. The average molecular weight is 299 g/mol. The summed E-state index contributed by atoms with van der Waals surface area (Å²) in [5.41, 5.74) is 1.96. The smallest absolute Gasteiger partial charge is 0.255 e. The van der Waals surface area contributed by atoms with E-state index in [1.165, 1.54) is 0 Å². The second-order valence-corrected chi connectivity index (χ2v) is 5.13. The van der Waals surface area contributed by atoms with Crippen molar-refractivity contribution in [3.63, 3.8) is 0 Å². The number of carbonyl (C=O) groups is 1. The molecular formula is C18H21NO3. The van der Waals surface area contributed by atoms with Crippen LogP contribution in [-0.4, -0.2) is 17.6 Å². The standard InChI is InChI=1S/C18H21NO3/c1-3-10-22-17-9-5-7-15(12-17)18(21)19-16-8-4-6-14(11-16)13(2)20/h4-9,11-13,20H,3,10H2,1-2H3,(H,19,21)/t13-/m1/s1. The molecule has 0 aliphatic rings. The number of hydrogen-bond acceptors (Lipinski definition) is 3. The van der Waals surface area contributed by atoms with Crippen molar-refractivity contribution < 1.29 is 14.6 Å². The van der Waals surface area contributed by atoms with E-state index in [9.17, 15) is 9.90 Å². The number of carbonyl (C=O) groups excluding carboxylic acids is 1. The van der Waals surface area contributed by atoms with Crippen molar-refractivity contribution in [2.75, 3.05) is 11.9 Å². The summed E-state index contributed by atoms with van der Waals surface area (Å²) in [5.74, 6) is 0.483. The van der Waals surface area contributed by atoms with Crippen molar-refractivity contribution in [2.45, 2.75) is 26.4 Å². The van der Waals surface area contributed by atoms with Crippen LogP contribution in [0.25, 0.3) is 0 Å². The molecule has 0 aromatic heterocycles. The Labute approximate surface area is 130 Å². The van der Waals surface area contributed by atoms with Crippen molar-refractivity contribution in [3.05, 3.63) is 59.7 Å². The van der Waals surface area contributed by atoms with Crippen molar-refractivity contribution in [1.29, 1.82) is 0 Å². The van der Waals surface area contributed by atoms with Crippen LogP contribution in [0.3, 0.4) is 0 Å². The summed E-state index contributed by atoms with van der Waals surface area (Å²) in [6, 6.07) is 14.3. The molecule has 0 saturated heterocycles. The zero-order valence-corrected chi connectivity index (χ0v) is 12.9. The van der Waals surface area contributed by atoms with Gasteiger partial charge in [-0.1, -0.05) is 25.1 Å². The molecule has 0 aliphatic carbocycles. The number of amides is 1. The van der Waals surface area contributed by atoms with Gasteiger partial charge in [0.2, 0.25) is 0 Å². The Hall–Kier alpha value is -2.33. The minimum Gasteiger partial charge on any atom is -0.494 e. The summed E-state index contributed by atoms with van der Waals surface area (Å²) in [6.45, 7) is 4.35. The Morgan fingerprint density at radius 3 is 2.73 bits per heavy atom. The maximum absolute atomic E-state index is 12.3. The highest BCUT2D eigenvalue weighted by atomic mass is 16.5. The molecule has 22 heavy (non-hydrogen) atoms. The molecule has 0 spiro atoms. The molecule has 0 bridgehead atoms. The molecule has 116 valence electrons. The van der Waals surface area contributed by atoms with Gasteiger partial charge in [0.05, 0.1) is 12.7 Å². The molecule has 0 aliphatic heterocycles. The largest absolute Gasteiger partial charge is 0.494 e. The maximum Gasteiger partial charge on any atom is 0.255 e. The topological polar surface area (TPSA) is 58.6 Å². The number of rotatable bonds is 6. The molecule has 1 amide bonds. The van der Waals surface area contributed by atoms with E-state index in [0.29, 0.717) is 23.6 Å². The van der Waals surface area contributed by atoms with E-state index in [0.717, 1.165) is 12.0 Å². The van der Waals surface area contributed by atoms with Crippen LogP contribution in [0.1, 0.15) is 42.3 Å². The molecule has 4 nitrogen and oxygen atoms in total. The SMILES string of the molecule is CCCOc1cccc(C(=O)Nc2cccc([C@@H](C)O)c2)c1. The van der Waals surface area contributed by atoms with Crippen LogP contribution in [0, 0.1) is 0 Å². The molecule has 0 saturated carbocycles. The minimum atomic E-state index is -0.567. The van der Waals surface area contributed by atoms with E-state index in [2.05, 4.69) is 5.32 Å². The first kappa shape index (κ1) is 16.0. The maximum atomic E-state index is 12.3. The van der Waals surface area contributed by atoms with Crippen LogP contribution < -0.4 is 10.1 Å². The highest BCUT2D eigenvalue weighted by molar-refractivity contribution is 6.04. The Balaban J connectivity index is 2.10. The Kier molecular flexibility index (Phi) is 5.55. The minimum absolute atomic E-state index is 0.204. The summed E-state index contributed by atoms with van der Waals surface area (Å²) >= 11 is 0. The van der Waals surface area contributed by atoms with Crippen molar-refractivity contribution in [3.8, 4) is 5.75 Å². The number of nitrogens with one attached hydrogen (secondary N) is 1. The summed E-state index contributed by atoms with van der Waals surface area (Å²) in [5, 5.41) is 12.4. The molecule has 0 unspecified atom stereocenters. The highest BCUT2D eigenvalue weighted by Crippen LogP contribution is 2.19. The molecule has 0 radical (unpaired) electrons. The van der Waals surface area contributed by atoms with Crippen LogP contribution >= 0.6 is 0 Å². The van der Waals surface area contributed by atoms with Gasteiger partial charge >= 0.3 is 0 Å². The second kappa shape index (κ2) is 7.61. The van der Waals surface area contributed by atoms with Crippen molar-refractivity contribution in [1.82, 2.24) is 0 Å². The summed E-state index contributed by atoms with van der Waals surface area (Å²) < 4.78 is 5.53. The first-order valence-corrected chi connectivity index (χ1v) is 7.42.